The highest BCUT2D eigenvalue weighted by Crippen LogP contribution is 2.43. The zero-order valence-corrected chi connectivity index (χ0v) is 20.0. The van der Waals surface area contributed by atoms with E-state index < -0.39 is 11.7 Å². The van der Waals surface area contributed by atoms with Gasteiger partial charge in [0.25, 0.3) is 5.78 Å². The van der Waals surface area contributed by atoms with Crippen molar-refractivity contribution in [2.75, 3.05) is 5.73 Å². The van der Waals surface area contributed by atoms with Crippen LogP contribution in [0.15, 0.2) is 59.1 Å². The van der Waals surface area contributed by atoms with Crippen LogP contribution in [0.25, 0.3) is 27.0 Å². The van der Waals surface area contributed by atoms with Crippen LogP contribution in [0.4, 0.5) is 5.69 Å². The molecule has 5 aromatic rings. The number of carbonyl (C=O) groups is 2. The van der Waals surface area contributed by atoms with Crippen LogP contribution in [-0.2, 0) is 0 Å². The lowest BCUT2D eigenvalue weighted by Crippen LogP contribution is -2.39. The summed E-state index contributed by atoms with van der Waals surface area (Å²) in [6.45, 7) is 5.19. The first-order chi connectivity index (χ1) is 16.8. The van der Waals surface area contributed by atoms with Crippen LogP contribution in [0, 0.1) is 13.8 Å². The molecule has 0 radical (unpaired) electrons. The Kier molecular flexibility index (Phi) is 5.41. The van der Waals surface area contributed by atoms with Crippen molar-refractivity contribution in [3.8, 4) is 22.8 Å². The molecule has 0 atom stereocenters. The van der Waals surface area contributed by atoms with Crippen LogP contribution in [0.5, 0.6) is 5.95 Å². The summed E-state index contributed by atoms with van der Waals surface area (Å²) in [5.41, 5.74) is 10.3. The Morgan fingerprint density at radius 2 is 1.83 bits per heavy atom. The highest BCUT2D eigenvalue weighted by Gasteiger charge is 2.33. The average Bonchev–Trinajstić information content (AvgIpc) is 3.37. The predicted molar refractivity (Wildman–Crippen MR) is 130 cm³/mol. The Morgan fingerprint density at radius 3 is 2.51 bits per heavy atom. The van der Waals surface area contributed by atoms with E-state index >= 15 is 0 Å². The van der Waals surface area contributed by atoms with Crippen molar-refractivity contribution in [1.82, 2.24) is 10.3 Å². The normalized spacial score (nSPS) is 11.2. The van der Waals surface area contributed by atoms with Gasteiger partial charge in [0.2, 0.25) is 5.69 Å². The van der Waals surface area contributed by atoms with E-state index in [0.717, 1.165) is 27.1 Å². The lowest BCUT2D eigenvalue weighted by molar-refractivity contribution is -0.672. The number of ketones is 2. The molecule has 0 aliphatic heterocycles. The molecule has 2 aromatic carbocycles. The molecule has 8 nitrogen and oxygen atoms in total. The molecule has 0 spiro atoms. The van der Waals surface area contributed by atoms with E-state index in [1.165, 1.54) is 6.92 Å². The van der Waals surface area contributed by atoms with Gasteiger partial charge < -0.3 is 15.4 Å². The smallest absolute Gasteiger partial charge is 0.312 e. The fraction of sp³-hybridized carbons (Fsp3) is 0.115. The maximum absolute atomic E-state index is 13.6. The van der Waals surface area contributed by atoms with Crippen molar-refractivity contribution in [3.05, 3.63) is 82.0 Å². The second-order valence-electron chi connectivity index (χ2n) is 8.18. The molecule has 0 saturated carbocycles. The van der Waals surface area contributed by atoms with Gasteiger partial charge in [-0.1, -0.05) is 48.0 Å². The lowest BCUT2D eigenvalue weighted by atomic mass is 9.92. The number of aromatic nitrogens is 3. The van der Waals surface area contributed by atoms with E-state index in [9.17, 15) is 14.7 Å². The second-order valence-corrected chi connectivity index (χ2v) is 9.18. The number of Topliss-reactive ketones (excluding diaryl/α,β-unsaturated/α-hetero) is 1. The van der Waals surface area contributed by atoms with E-state index in [1.807, 2.05) is 31.2 Å². The summed E-state index contributed by atoms with van der Waals surface area (Å²) in [6, 6.07) is 16.4. The van der Waals surface area contributed by atoms with E-state index in [0.29, 0.717) is 32.7 Å². The van der Waals surface area contributed by atoms with Gasteiger partial charge in [-0.25, -0.2) is 4.98 Å². The number of carbonyl (C=O) groups excluding carboxylic acids is 2. The monoisotopic (exact) mass is 484 g/mol. The third-order valence-corrected chi connectivity index (χ3v) is 6.85. The summed E-state index contributed by atoms with van der Waals surface area (Å²) in [5.74, 6) is -1.66. The summed E-state index contributed by atoms with van der Waals surface area (Å²) < 4.78 is 5.98. The molecule has 0 aliphatic rings. The first-order valence-corrected chi connectivity index (χ1v) is 11.6. The van der Waals surface area contributed by atoms with Crippen molar-refractivity contribution in [2.45, 2.75) is 20.8 Å². The molecular weight excluding hydrogens is 464 g/mol. The standard InChI is InChI=1S/C26H20N4O4S/c1-13-8-7-9-16(12-13)19-18(15(3)31)14(2)28-25-20(19)21(27)24(35-25)23(32)22-26(33)34-29-30(22)17-10-5-4-6-11-17/h4-12H,1-3H3,(H2-,27,29,32,33). The maximum Gasteiger partial charge on any atom is 0.312 e. The van der Waals surface area contributed by atoms with Gasteiger partial charge in [-0.15, -0.1) is 11.3 Å². The van der Waals surface area contributed by atoms with Gasteiger partial charge >= 0.3 is 5.69 Å². The molecule has 0 aliphatic carbocycles. The Labute approximate surface area is 204 Å². The van der Waals surface area contributed by atoms with Crippen molar-refractivity contribution in [1.29, 1.82) is 0 Å². The van der Waals surface area contributed by atoms with Crippen LogP contribution >= 0.6 is 11.3 Å². The fourth-order valence-corrected chi connectivity index (χ4v) is 5.34. The number of thiophene rings is 1. The number of para-hydroxylation sites is 1. The van der Waals surface area contributed by atoms with Gasteiger partial charge in [-0.3, -0.25) is 9.59 Å². The van der Waals surface area contributed by atoms with E-state index in [-0.39, 0.29) is 22.0 Å². The van der Waals surface area contributed by atoms with Crippen LogP contribution in [0.2, 0.25) is 0 Å². The summed E-state index contributed by atoms with van der Waals surface area (Å²) in [5, 5.41) is 16.8. The number of anilines is 1. The number of benzene rings is 2. The molecule has 0 amide bonds. The number of nitrogens with two attached hydrogens (primary N) is 1. The molecule has 0 bridgehead atoms. The fourth-order valence-electron chi connectivity index (χ4n) is 4.24. The van der Waals surface area contributed by atoms with Crippen LogP contribution < -0.4 is 15.5 Å². The minimum Gasteiger partial charge on any atom is -0.539 e. The zero-order valence-electron chi connectivity index (χ0n) is 19.2. The topological polar surface area (TPSA) is 126 Å². The summed E-state index contributed by atoms with van der Waals surface area (Å²) in [6.07, 6.45) is 0. The molecule has 0 saturated heterocycles. The number of pyridine rings is 1. The Bertz CT molecular complexity index is 1640. The first kappa shape index (κ1) is 22.4. The van der Waals surface area contributed by atoms with Crippen molar-refractivity contribution in [2.24, 2.45) is 0 Å². The Morgan fingerprint density at radius 1 is 1.09 bits per heavy atom. The van der Waals surface area contributed by atoms with Gasteiger partial charge in [0.1, 0.15) is 9.71 Å². The third-order valence-electron chi connectivity index (χ3n) is 5.75. The van der Waals surface area contributed by atoms with Gasteiger partial charge in [0.15, 0.2) is 11.7 Å². The molecular formula is C26H20N4O4S. The number of nitrogen functional groups attached to an aromatic ring is 1. The molecule has 0 fully saturated rings. The highest BCUT2D eigenvalue weighted by molar-refractivity contribution is 7.21. The van der Waals surface area contributed by atoms with E-state index in [2.05, 4.69) is 10.3 Å². The number of hydrogen-bond acceptors (Lipinski definition) is 8. The van der Waals surface area contributed by atoms with Gasteiger partial charge in [-0.05, 0) is 31.0 Å². The first-order valence-electron chi connectivity index (χ1n) is 10.8. The minimum atomic E-state index is -0.872. The highest BCUT2D eigenvalue weighted by atomic mass is 32.1. The molecule has 2 N–H and O–H groups in total. The molecule has 3 heterocycles. The second kappa shape index (κ2) is 8.44. The molecule has 174 valence electrons. The van der Waals surface area contributed by atoms with Crippen LogP contribution in [0.3, 0.4) is 0 Å². The van der Waals surface area contributed by atoms with Gasteiger partial charge in [0, 0.05) is 28.6 Å². The SMILES string of the molecule is CC(=O)c1c(C)nc2sc(C(=O)c3c([O-])on[n+]3-c3ccccc3)c(N)c2c1-c1cccc(C)c1. The van der Waals surface area contributed by atoms with Crippen LogP contribution in [-0.4, -0.2) is 21.8 Å². The molecule has 9 heteroatoms. The number of aryl methyl sites for hydroxylation is 2. The summed E-state index contributed by atoms with van der Waals surface area (Å²) in [7, 11) is 0. The molecule has 35 heavy (non-hydrogen) atoms. The average molecular weight is 485 g/mol. The summed E-state index contributed by atoms with van der Waals surface area (Å²) in [4.78, 5) is 31.5. The number of hydrogen-bond donors (Lipinski definition) is 1. The van der Waals surface area contributed by atoms with Crippen LogP contribution in [0.1, 0.15) is 43.9 Å². The van der Waals surface area contributed by atoms with E-state index in [4.69, 9.17) is 10.3 Å². The van der Waals surface area contributed by atoms with Crippen molar-refractivity contribution >= 4 is 38.8 Å². The van der Waals surface area contributed by atoms with Gasteiger partial charge in [-0.2, -0.15) is 0 Å². The number of rotatable bonds is 5. The van der Waals surface area contributed by atoms with Crippen molar-refractivity contribution < 1.29 is 23.9 Å². The molecule has 0 unspecified atom stereocenters. The third kappa shape index (κ3) is 3.66. The maximum atomic E-state index is 13.6. The molecule has 5 rings (SSSR count). The number of fused-ring (bicyclic) bond motifs is 1. The van der Waals surface area contributed by atoms with Gasteiger partial charge in [0.05, 0.1) is 16.7 Å². The summed E-state index contributed by atoms with van der Waals surface area (Å²) >= 11 is 1.07. The van der Waals surface area contributed by atoms with Crippen molar-refractivity contribution in [3.63, 3.8) is 0 Å². The molecule has 3 aromatic heterocycles. The number of nitrogens with zero attached hydrogens (tertiary/aromatic N) is 3. The minimum absolute atomic E-state index is 0.131. The Balaban J connectivity index is 1.78. The Hall–Kier alpha value is -4.37. The lowest BCUT2D eigenvalue weighted by Gasteiger charge is -2.13. The largest absolute Gasteiger partial charge is 0.539 e. The predicted octanol–water partition coefficient (Wildman–Crippen LogP) is 3.93. The zero-order chi connectivity index (χ0) is 24.9. The quantitative estimate of drug-likeness (QED) is 0.296. The van der Waals surface area contributed by atoms with E-state index in [1.54, 1.807) is 37.3 Å².